The fourth-order valence-corrected chi connectivity index (χ4v) is 2.07. The van der Waals surface area contributed by atoms with Crippen molar-refractivity contribution in [3.05, 3.63) is 35.9 Å². The Balaban J connectivity index is 2.83. The molecule has 1 aromatic rings. The molecule has 1 unspecified atom stereocenters. The Labute approximate surface area is 148 Å². The van der Waals surface area contributed by atoms with Crippen molar-refractivity contribution >= 4 is 11.9 Å². The van der Waals surface area contributed by atoms with Crippen molar-refractivity contribution in [1.29, 1.82) is 0 Å². The molecule has 0 aliphatic heterocycles. The maximum absolute atomic E-state index is 12.3. The van der Waals surface area contributed by atoms with E-state index < -0.39 is 17.9 Å². The third-order valence-electron chi connectivity index (χ3n) is 3.59. The highest BCUT2D eigenvalue weighted by atomic mass is 16.5. The smallest absolute Gasteiger partial charge is 0.326 e. The van der Waals surface area contributed by atoms with E-state index >= 15 is 0 Å². The first-order chi connectivity index (χ1) is 11.9. The molecule has 1 aromatic carbocycles. The average molecular weight is 349 g/mol. The average Bonchev–Trinajstić information content (AvgIpc) is 2.57. The van der Waals surface area contributed by atoms with Crippen LogP contribution in [0.1, 0.15) is 44.0 Å². The minimum atomic E-state index is -1.08. The van der Waals surface area contributed by atoms with Crippen LogP contribution >= 0.6 is 0 Å². The van der Waals surface area contributed by atoms with Gasteiger partial charge >= 0.3 is 5.97 Å². The van der Waals surface area contributed by atoms with Crippen molar-refractivity contribution in [3.8, 4) is 11.5 Å². The number of hydrogen-bond acceptors (Lipinski definition) is 4. The summed E-state index contributed by atoms with van der Waals surface area (Å²) in [6.45, 7) is 6.58. The summed E-state index contributed by atoms with van der Waals surface area (Å²) in [5, 5.41) is 11.7. The first-order valence-corrected chi connectivity index (χ1v) is 8.34. The second-order valence-electron chi connectivity index (χ2n) is 6.07. The second kappa shape index (κ2) is 10.4. The summed E-state index contributed by atoms with van der Waals surface area (Å²) >= 11 is 0. The molecule has 0 fully saturated rings. The number of methoxy groups -OCH3 is 1. The van der Waals surface area contributed by atoms with Gasteiger partial charge in [0.1, 0.15) is 6.04 Å². The number of ether oxygens (including phenoxy) is 2. The van der Waals surface area contributed by atoms with Gasteiger partial charge in [-0.2, -0.15) is 0 Å². The molecule has 0 radical (unpaired) electrons. The van der Waals surface area contributed by atoms with Crippen molar-refractivity contribution in [2.45, 2.75) is 39.7 Å². The Morgan fingerprint density at radius 3 is 2.56 bits per heavy atom. The highest BCUT2D eigenvalue weighted by Gasteiger charge is 2.20. The van der Waals surface area contributed by atoms with Gasteiger partial charge in [0.2, 0.25) is 0 Å². The summed E-state index contributed by atoms with van der Waals surface area (Å²) in [6.07, 6.45) is 4.58. The topological polar surface area (TPSA) is 84.9 Å². The number of benzene rings is 1. The van der Waals surface area contributed by atoms with E-state index in [9.17, 15) is 14.7 Å². The summed E-state index contributed by atoms with van der Waals surface area (Å²) in [5.74, 6) is -0.0164. The van der Waals surface area contributed by atoms with Crippen LogP contribution in [0.4, 0.5) is 0 Å². The Bertz CT molecular complexity index is 610. The molecule has 0 aliphatic carbocycles. The lowest BCUT2D eigenvalue weighted by atomic mass is 10.1. The predicted octanol–water partition coefficient (Wildman–Crippen LogP) is 3.27. The molecule has 0 aliphatic rings. The van der Waals surface area contributed by atoms with E-state index in [0.29, 0.717) is 29.6 Å². The van der Waals surface area contributed by atoms with E-state index in [0.717, 1.165) is 6.42 Å². The first-order valence-electron chi connectivity index (χ1n) is 8.34. The van der Waals surface area contributed by atoms with Crippen LogP contribution in [-0.4, -0.2) is 36.7 Å². The van der Waals surface area contributed by atoms with Gasteiger partial charge in [-0.15, -0.1) is 0 Å². The molecule has 0 spiro atoms. The van der Waals surface area contributed by atoms with Gasteiger partial charge in [-0.1, -0.05) is 26.0 Å². The van der Waals surface area contributed by atoms with E-state index in [4.69, 9.17) is 9.47 Å². The molecule has 0 saturated carbocycles. The number of allylic oxidation sites excluding steroid dienone is 1. The van der Waals surface area contributed by atoms with Crippen LogP contribution in [0, 0.1) is 5.92 Å². The summed E-state index contributed by atoms with van der Waals surface area (Å²) in [7, 11) is 1.50. The number of hydrogen-bond donors (Lipinski definition) is 2. The van der Waals surface area contributed by atoms with E-state index in [2.05, 4.69) is 19.2 Å². The number of rotatable bonds is 10. The first kappa shape index (κ1) is 20.5. The van der Waals surface area contributed by atoms with Crippen molar-refractivity contribution in [2.75, 3.05) is 13.7 Å². The lowest BCUT2D eigenvalue weighted by molar-refractivity contribution is -0.139. The number of nitrogens with one attached hydrogen (secondary N) is 1. The molecule has 1 amide bonds. The van der Waals surface area contributed by atoms with Crippen molar-refractivity contribution in [1.82, 2.24) is 5.32 Å². The Morgan fingerprint density at radius 1 is 1.28 bits per heavy atom. The third-order valence-corrected chi connectivity index (χ3v) is 3.59. The molecule has 138 valence electrons. The van der Waals surface area contributed by atoms with Gasteiger partial charge < -0.3 is 19.9 Å². The molecule has 6 heteroatoms. The molecular weight excluding hydrogens is 322 g/mol. The third kappa shape index (κ3) is 6.87. The number of amides is 1. The summed E-state index contributed by atoms with van der Waals surface area (Å²) in [6, 6.07) is 3.83. The molecule has 0 saturated heterocycles. The lowest BCUT2D eigenvalue weighted by Gasteiger charge is -2.15. The number of aliphatic carboxylic acids is 1. The quantitative estimate of drug-likeness (QED) is 0.633. The minimum Gasteiger partial charge on any atom is -0.493 e. The zero-order chi connectivity index (χ0) is 18.8. The van der Waals surface area contributed by atoms with Gasteiger partial charge in [0, 0.05) is 5.56 Å². The number of carboxylic acids is 1. The van der Waals surface area contributed by atoms with Crippen molar-refractivity contribution < 1.29 is 24.2 Å². The van der Waals surface area contributed by atoms with Gasteiger partial charge in [-0.3, -0.25) is 4.79 Å². The summed E-state index contributed by atoms with van der Waals surface area (Å²) < 4.78 is 11.0. The van der Waals surface area contributed by atoms with Crippen LogP contribution in [0.15, 0.2) is 30.4 Å². The van der Waals surface area contributed by atoms with Gasteiger partial charge in [-0.25, -0.2) is 4.79 Å². The van der Waals surface area contributed by atoms with Gasteiger partial charge in [0.05, 0.1) is 13.7 Å². The minimum absolute atomic E-state index is 0.227. The molecule has 25 heavy (non-hydrogen) atoms. The fourth-order valence-electron chi connectivity index (χ4n) is 2.07. The highest BCUT2D eigenvalue weighted by Crippen LogP contribution is 2.28. The van der Waals surface area contributed by atoms with Crippen LogP contribution in [0.2, 0.25) is 0 Å². The SMILES string of the molecule is C/C=C/CC(NC(=O)c1ccc(OCCC(C)C)c(OC)c1)C(=O)O. The fraction of sp³-hybridized carbons (Fsp3) is 0.474. The van der Waals surface area contributed by atoms with Crippen molar-refractivity contribution in [2.24, 2.45) is 5.92 Å². The van der Waals surface area contributed by atoms with E-state index in [1.165, 1.54) is 7.11 Å². The normalized spacial score (nSPS) is 12.2. The zero-order valence-corrected chi connectivity index (χ0v) is 15.2. The number of carboxylic acid groups (broad SMARTS) is 1. The Kier molecular flexibility index (Phi) is 8.53. The zero-order valence-electron chi connectivity index (χ0n) is 15.2. The molecule has 0 aromatic heterocycles. The molecule has 0 bridgehead atoms. The van der Waals surface area contributed by atoms with E-state index in [1.54, 1.807) is 37.3 Å². The van der Waals surface area contributed by atoms with Gasteiger partial charge in [0.15, 0.2) is 11.5 Å². The predicted molar refractivity (Wildman–Crippen MR) is 96.3 cm³/mol. The number of carbonyl (C=O) groups is 2. The van der Waals surface area contributed by atoms with Gasteiger partial charge in [-0.05, 0) is 43.9 Å². The summed E-state index contributed by atoms with van der Waals surface area (Å²) in [4.78, 5) is 23.5. The monoisotopic (exact) mass is 349 g/mol. The van der Waals surface area contributed by atoms with Crippen LogP contribution in [0.5, 0.6) is 11.5 Å². The Morgan fingerprint density at radius 2 is 2.00 bits per heavy atom. The van der Waals surface area contributed by atoms with Crippen LogP contribution < -0.4 is 14.8 Å². The van der Waals surface area contributed by atoms with Crippen LogP contribution in [-0.2, 0) is 4.79 Å². The maximum Gasteiger partial charge on any atom is 0.326 e. The second-order valence-corrected chi connectivity index (χ2v) is 6.07. The molecule has 1 rings (SSSR count). The largest absolute Gasteiger partial charge is 0.493 e. The van der Waals surface area contributed by atoms with Crippen LogP contribution in [0.3, 0.4) is 0 Å². The Hall–Kier alpha value is -2.50. The highest BCUT2D eigenvalue weighted by molar-refractivity contribution is 5.97. The molecule has 2 N–H and O–H groups in total. The lowest BCUT2D eigenvalue weighted by Crippen LogP contribution is -2.40. The summed E-state index contributed by atoms with van der Waals surface area (Å²) in [5.41, 5.74) is 0.319. The standard InChI is InChI=1S/C19H27NO5/c1-5-6-7-15(19(22)23)20-18(21)14-8-9-16(17(12-14)24-4)25-11-10-13(2)3/h5-6,8-9,12-13,15H,7,10-11H2,1-4H3,(H,20,21)(H,22,23)/b6-5+. The van der Waals surface area contributed by atoms with Crippen molar-refractivity contribution in [3.63, 3.8) is 0 Å². The van der Waals surface area contributed by atoms with E-state index in [1.807, 2.05) is 0 Å². The molecule has 1 atom stereocenters. The maximum atomic E-state index is 12.3. The molecular formula is C19H27NO5. The van der Waals surface area contributed by atoms with Crippen LogP contribution in [0.25, 0.3) is 0 Å². The van der Waals surface area contributed by atoms with Gasteiger partial charge in [0.25, 0.3) is 5.91 Å². The molecule has 0 heterocycles. The van der Waals surface area contributed by atoms with E-state index in [-0.39, 0.29) is 6.42 Å². The molecule has 6 nitrogen and oxygen atoms in total. The number of carbonyl (C=O) groups excluding carboxylic acids is 1.